The van der Waals surface area contributed by atoms with Gasteiger partial charge < -0.3 is 9.88 Å². The predicted octanol–water partition coefficient (Wildman–Crippen LogP) is 2.84. The van der Waals surface area contributed by atoms with E-state index in [1.54, 1.807) is 25.1 Å². The van der Waals surface area contributed by atoms with E-state index in [4.69, 9.17) is 0 Å². The number of hydrogen-bond acceptors (Lipinski definition) is 4. The zero-order valence-corrected chi connectivity index (χ0v) is 18.4. The molecule has 1 atom stereocenters. The third kappa shape index (κ3) is 4.39. The number of benzene rings is 1. The molecule has 29 heavy (non-hydrogen) atoms. The molecule has 0 aliphatic carbocycles. The summed E-state index contributed by atoms with van der Waals surface area (Å²) in [5.41, 5.74) is 2.37. The molecule has 8 heteroatoms. The topological polar surface area (TPSA) is 74.7 Å². The van der Waals surface area contributed by atoms with Crippen LogP contribution in [0.4, 0.5) is 5.69 Å². The number of nitrogens with zero attached hydrogens (tertiary/aromatic N) is 3. The van der Waals surface area contributed by atoms with E-state index in [1.165, 1.54) is 10.00 Å². The van der Waals surface area contributed by atoms with Crippen LogP contribution in [0.2, 0.25) is 0 Å². The molecule has 0 fully saturated rings. The Labute approximate surface area is 173 Å². The summed E-state index contributed by atoms with van der Waals surface area (Å²) in [7, 11) is -3.58. The van der Waals surface area contributed by atoms with E-state index in [-0.39, 0.29) is 23.4 Å². The Bertz CT molecular complexity index is 980. The quantitative estimate of drug-likeness (QED) is 0.750. The number of carbonyl (C=O) groups excluding carboxylic acids is 1. The van der Waals surface area contributed by atoms with Crippen molar-refractivity contribution in [2.24, 2.45) is 0 Å². The molecule has 0 bridgehead atoms. The van der Waals surface area contributed by atoms with Crippen LogP contribution in [-0.4, -0.2) is 54.3 Å². The minimum atomic E-state index is -3.58. The number of nitrogens with one attached hydrogen (secondary N) is 1. The van der Waals surface area contributed by atoms with Gasteiger partial charge in [0.05, 0.1) is 11.4 Å². The zero-order valence-electron chi connectivity index (χ0n) is 17.6. The summed E-state index contributed by atoms with van der Waals surface area (Å²) in [5.74, 6) is -0.146. The molecule has 1 aliphatic heterocycles. The van der Waals surface area contributed by atoms with Crippen LogP contribution in [0, 0.1) is 6.92 Å². The fourth-order valence-electron chi connectivity index (χ4n) is 3.89. The highest BCUT2D eigenvalue weighted by Crippen LogP contribution is 2.26. The van der Waals surface area contributed by atoms with Crippen LogP contribution in [0.3, 0.4) is 0 Å². The van der Waals surface area contributed by atoms with Gasteiger partial charge in [0.2, 0.25) is 15.9 Å². The molecule has 1 aromatic carbocycles. The Hall–Kier alpha value is -2.16. The van der Waals surface area contributed by atoms with Gasteiger partial charge >= 0.3 is 0 Å². The fraction of sp³-hybridized carbons (Fsp3) is 0.476. The molecule has 1 unspecified atom stereocenters. The number of amides is 1. The maximum absolute atomic E-state index is 12.9. The SMILES string of the molecule is CCN(CC)S(=O)(=O)c1cc(NC(=O)CN2CCn3cccc3C2C)ccc1C. The van der Waals surface area contributed by atoms with E-state index >= 15 is 0 Å². The van der Waals surface area contributed by atoms with Gasteiger partial charge in [0.25, 0.3) is 0 Å². The maximum Gasteiger partial charge on any atom is 0.243 e. The molecule has 0 radical (unpaired) electrons. The van der Waals surface area contributed by atoms with Crippen LogP contribution in [0.1, 0.15) is 38.1 Å². The van der Waals surface area contributed by atoms with Gasteiger partial charge in [-0.05, 0) is 43.7 Å². The summed E-state index contributed by atoms with van der Waals surface area (Å²) < 4.78 is 29.4. The van der Waals surface area contributed by atoms with Crippen molar-refractivity contribution in [1.82, 2.24) is 13.8 Å². The number of rotatable bonds is 7. The van der Waals surface area contributed by atoms with Crippen LogP contribution < -0.4 is 5.32 Å². The second kappa shape index (κ2) is 8.69. The van der Waals surface area contributed by atoms with Crippen molar-refractivity contribution in [3.63, 3.8) is 0 Å². The van der Waals surface area contributed by atoms with Crippen molar-refractivity contribution in [1.29, 1.82) is 0 Å². The van der Waals surface area contributed by atoms with Crippen molar-refractivity contribution in [2.75, 3.05) is 31.5 Å². The molecule has 1 N–H and O–H groups in total. The third-order valence-electron chi connectivity index (χ3n) is 5.61. The molecule has 0 saturated carbocycles. The van der Waals surface area contributed by atoms with Gasteiger partial charge in [0, 0.05) is 49.8 Å². The van der Waals surface area contributed by atoms with Crippen LogP contribution in [0.25, 0.3) is 0 Å². The second-order valence-electron chi connectivity index (χ2n) is 7.39. The first kappa shape index (κ1) is 21.5. The number of anilines is 1. The van der Waals surface area contributed by atoms with Gasteiger partial charge in [0.15, 0.2) is 0 Å². The molecule has 0 saturated heterocycles. The van der Waals surface area contributed by atoms with Crippen molar-refractivity contribution < 1.29 is 13.2 Å². The lowest BCUT2D eigenvalue weighted by Crippen LogP contribution is -2.41. The van der Waals surface area contributed by atoms with Crippen LogP contribution in [-0.2, 0) is 21.4 Å². The second-order valence-corrected chi connectivity index (χ2v) is 9.30. The minimum absolute atomic E-state index is 0.146. The monoisotopic (exact) mass is 418 g/mol. The number of fused-ring (bicyclic) bond motifs is 1. The summed E-state index contributed by atoms with van der Waals surface area (Å²) in [6.45, 7) is 10.2. The minimum Gasteiger partial charge on any atom is -0.349 e. The Morgan fingerprint density at radius 3 is 2.62 bits per heavy atom. The summed E-state index contributed by atoms with van der Waals surface area (Å²) in [6, 6.07) is 9.31. The van der Waals surface area contributed by atoms with E-state index in [9.17, 15) is 13.2 Å². The van der Waals surface area contributed by atoms with Crippen LogP contribution in [0.15, 0.2) is 41.4 Å². The van der Waals surface area contributed by atoms with Gasteiger partial charge in [-0.15, -0.1) is 0 Å². The summed E-state index contributed by atoms with van der Waals surface area (Å²) in [5, 5.41) is 2.87. The number of carbonyl (C=O) groups is 1. The highest BCUT2D eigenvalue weighted by molar-refractivity contribution is 7.89. The van der Waals surface area contributed by atoms with Crippen molar-refractivity contribution >= 4 is 21.6 Å². The lowest BCUT2D eigenvalue weighted by Gasteiger charge is -2.34. The molecule has 2 heterocycles. The van der Waals surface area contributed by atoms with Crippen LogP contribution >= 0.6 is 0 Å². The molecular formula is C21H30N4O3S. The number of aryl methyl sites for hydroxylation is 1. The average Bonchev–Trinajstić information content (AvgIpc) is 3.16. The largest absolute Gasteiger partial charge is 0.349 e. The van der Waals surface area contributed by atoms with E-state index in [1.807, 2.05) is 19.9 Å². The normalized spacial score (nSPS) is 17.3. The molecule has 1 aliphatic rings. The number of aromatic nitrogens is 1. The summed E-state index contributed by atoms with van der Waals surface area (Å²) in [6.07, 6.45) is 2.06. The molecule has 7 nitrogen and oxygen atoms in total. The van der Waals surface area contributed by atoms with Gasteiger partial charge in [0.1, 0.15) is 0 Å². The zero-order chi connectivity index (χ0) is 21.2. The molecule has 3 rings (SSSR count). The first-order valence-electron chi connectivity index (χ1n) is 10.1. The summed E-state index contributed by atoms with van der Waals surface area (Å²) in [4.78, 5) is 15.0. The molecule has 0 spiro atoms. The molecule has 2 aromatic rings. The van der Waals surface area contributed by atoms with Gasteiger partial charge in [-0.2, -0.15) is 4.31 Å². The standard InChI is InChI=1S/C21H30N4O3S/c1-5-25(6-2)29(27,28)20-14-18(10-9-16(20)3)22-21(26)15-24-13-12-23-11-7-8-19(23)17(24)4/h7-11,14,17H,5-6,12-13,15H2,1-4H3,(H,22,26). The first-order chi connectivity index (χ1) is 13.8. The smallest absolute Gasteiger partial charge is 0.243 e. The average molecular weight is 419 g/mol. The van der Waals surface area contributed by atoms with E-state index in [0.717, 1.165) is 13.1 Å². The van der Waals surface area contributed by atoms with Crippen molar-refractivity contribution in [2.45, 2.75) is 45.2 Å². The molecule has 158 valence electrons. The highest BCUT2D eigenvalue weighted by atomic mass is 32.2. The van der Waals surface area contributed by atoms with Crippen molar-refractivity contribution in [3.8, 4) is 0 Å². The Kier molecular flexibility index (Phi) is 6.45. The molecular weight excluding hydrogens is 388 g/mol. The Balaban J connectivity index is 1.73. The van der Waals surface area contributed by atoms with E-state index in [0.29, 0.717) is 24.3 Å². The van der Waals surface area contributed by atoms with Gasteiger partial charge in [-0.3, -0.25) is 9.69 Å². The lowest BCUT2D eigenvalue weighted by atomic mass is 10.1. The molecule has 1 amide bonds. The number of hydrogen-bond donors (Lipinski definition) is 1. The predicted molar refractivity (Wildman–Crippen MR) is 114 cm³/mol. The molecule has 1 aromatic heterocycles. The third-order valence-corrected chi connectivity index (χ3v) is 7.80. The van der Waals surface area contributed by atoms with E-state index in [2.05, 4.69) is 34.0 Å². The van der Waals surface area contributed by atoms with Gasteiger partial charge in [-0.25, -0.2) is 8.42 Å². The lowest BCUT2D eigenvalue weighted by molar-refractivity contribution is -0.118. The highest BCUT2D eigenvalue weighted by Gasteiger charge is 2.26. The maximum atomic E-state index is 12.9. The Morgan fingerprint density at radius 1 is 1.21 bits per heavy atom. The van der Waals surface area contributed by atoms with Crippen molar-refractivity contribution in [3.05, 3.63) is 47.8 Å². The summed E-state index contributed by atoms with van der Waals surface area (Å²) >= 11 is 0. The Morgan fingerprint density at radius 2 is 1.93 bits per heavy atom. The number of sulfonamides is 1. The van der Waals surface area contributed by atoms with E-state index < -0.39 is 10.0 Å². The van der Waals surface area contributed by atoms with Gasteiger partial charge in [-0.1, -0.05) is 19.9 Å². The fourth-order valence-corrected chi connectivity index (χ4v) is 5.60. The first-order valence-corrected chi connectivity index (χ1v) is 11.5. The van der Waals surface area contributed by atoms with Crippen LogP contribution in [0.5, 0.6) is 0 Å².